The minimum absolute atomic E-state index is 0.605. The summed E-state index contributed by atoms with van der Waals surface area (Å²) in [6.45, 7) is 6.10. The number of para-hydroxylation sites is 2. The topological polar surface area (TPSA) is 6.48 Å². The summed E-state index contributed by atoms with van der Waals surface area (Å²) in [5.41, 5.74) is 4.34. The van der Waals surface area contributed by atoms with Crippen LogP contribution in [0, 0.1) is 0 Å². The first-order valence-corrected chi connectivity index (χ1v) is 17.7. The van der Waals surface area contributed by atoms with Gasteiger partial charge < -0.3 is 9.80 Å². The number of nitrogens with zero attached hydrogens (tertiary/aromatic N) is 2. The molecule has 0 saturated carbocycles. The van der Waals surface area contributed by atoms with Crippen molar-refractivity contribution in [3.63, 3.8) is 0 Å². The number of hydrogen-bond acceptors (Lipinski definition) is 3. The van der Waals surface area contributed by atoms with Crippen LogP contribution in [0.3, 0.4) is 0 Å². The minimum atomic E-state index is 0.605. The van der Waals surface area contributed by atoms with Crippen LogP contribution in [-0.4, -0.2) is 30.6 Å². The second kappa shape index (κ2) is 18.1. The number of fused-ring (bicyclic) bond motifs is 2. The van der Waals surface area contributed by atoms with Gasteiger partial charge in [-0.15, -0.1) is 11.8 Å². The third kappa shape index (κ3) is 10.2. The van der Waals surface area contributed by atoms with E-state index in [1.54, 1.807) is 0 Å². The van der Waals surface area contributed by atoms with Gasteiger partial charge in [-0.1, -0.05) is 134 Å². The second-order valence-corrected chi connectivity index (χ2v) is 13.1. The zero-order chi connectivity index (χ0) is 27.0. The summed E-state index contributed by atoms with van der Waals surface area (Å²) < 4.78 is 0. The van der Waals surface area contributed by atoms with E-state index in [4.69, 9.17) is 0 Å². The van der Waals surface area contributed by atoms with Crippen LogP contribution >= 0.6 is 11.8 Å². The predicted molar refractivity (Wildman–Crippen MR) is 174 cm³/mol. The molecule has 39 heavy (non-hydrogen) atoms. The van der Waals surface area contributed by atoms with Crippen molar-refractivity contribution in [3.8, 4) is 0 Å². The molecule has 0 aromatic heterocycles. The van der Waals surface area contributed by atoms with E-state index in [2.05, 4.69) is 65.3 Å². The molecule has 2 aromatic rings. The largest absolute Gasteiger partial charge is 0.337 e. The van der Waals surface area contributed by atoms with Crippen molar-refractivity contribution in [2.45, 2.75) is 139 Å². The van der Waals surface area contributed by atoms with Gasteiger partial charge in [0.2, 0.25) is 0 Å². The van der Waals surface area contributed by atoms with Gasteiger partial charge >= 0.3 is 0 Å². The Morgan fingerprint density at radius 2 is 1.13 bits per heavy atom. The smallest absolute Gasteiger partial charge is 0.0551 e. The van der Waals surface area contributed by atoms with E-state index >= 15 is 0 Å². The van der Waals surface area contributed by atoms with Gasteiger partial charge in [0, 0.05) is 35.5 Å². The van der Waals surface area contributed by atoms with Gasteiger partial charge in [0.25, 0.3) is 0 Å². The van der Waals surface area contributed by atoms with Gasteiger partial charge in [-0.2, -0.15) is 0 Å². The van der Waals surface area contributed by atoms with Gasteiger partial charge in [-0.3, -0.25) is 0 Å². The molecule has 1 fully saturated rings. The molecule has 0 amide bonds. The Morgan fingerprint density at radius 3 is 1.74 bits per heavy atom. The highest BCUT2D eigenvalue weighted by molar-refractivity contribution is 7.98. The highest BCUT2D eigenvalue weighted by Gasteiger charge is 2.30. The van der Waals surface area contributed by atoms with Crippen LogP contribution in [0.5, 0.6) is 0 Å². The molecule has 0 aliphatic carbocycles. The average molecular weight is 549 g/mol. The molecule has 2 nitrogen and oxygen atoms in total. The number of hydrogen-bond donors (Lipinski definition) is 0. The predicted octanol–water partition coefficient (Wildman–Crippen LogP) is 11.2. The molecule has 0 unspecified atom stereocenters. The summed E-state index contributed by atoms with van der Waals surface area (Å²) in [6.07, 6.45) is 25.7. The molecule has 2 aromatic carbocycles. The number of piperidine rings is 1. The monoisotopic (exact) mass is 548 g/mol. The Labute approximate surface area is 245 Å². The molecule has 216 valence electrons. The Morgan fingerprint density at radius 1 is 0.615 bits per heavy atom. The van der Waals surface area contributed by atoms with Gasteiger partial charge in [0.1, 0.15) is 0 Å². The average Bonchev–Trinajstić information content (AvgIpc) is 3.14. The molecule has 4 rings (SSSR count). The van der Waals surface area contributed by atoms with Crippen molar-refractivity contribution in [1.82, 2.24) is 4.90 Å². The Balaban J connectivity index is 1.05. The third-order valence-electron chi connectivity index (χ3n) is 9.01. The van der Waals surface area contributed by atoms with Crippen molar-refractivity contribution < 1.29 is 0 Å². The summed E-state index contributed by atoms with van der Waals surface area (Å²) in [5, 5.41) is 0. The molecule has 0 atom stereocenters. The van der Waals surface area contributed by atoms with Gasteiger partial charge in [0.05, 0.1) is 5.69 Å². The number of anilines is 2. The van der Waals surface area contributed by atoms with E-state index in [1.165, 1.54) is 157 Å². The van der Waals surface area contributed by atoms with Crippen molar-refractivity contribution in [2.24, 2.45) is 0 Å². The quantitative estimate of drug-likeness (QED) is 0.171. The number of benzene rings is 2. The van der Waals surface area contributed by atoms with Crippen LogP contribution in [0.25, 0.3) is 0 Å². The van der Waals surface area contributed by atoms with Crippen LogP contribution < -0.4 is 4.90 Å². The van der Waals surface area contributed by atoms with Crippen LogP contribution in [-0.2, 0) is 5.75 Å². The van der Waals surface area contributed by atoms with Gasteiger partial charge in [-0.05, 0) is 49.6 Å². The molecule has 2 aliphatic heterocycles. The van der Waals surface area contributed by atoms with E-state index in [9.17, 15) is 0 Å². The maximum atomic E-state index is 2.74. The van der Waals surface area contributed by atoms with Gasteiger partial charge in [0.15, 0.2) is 0 Å². The molecule has 0 spiro atoms. The Hall–Kier alpha value is -1.45. The summed E-state index contributed by atoms with van der Waals surface area (Å²) in [5.74, 6) is 1.07. The first-order chi connectivity index (χ1) is 19.4. The lowest BCUT2D eigenvalue weighted by Crippen LogP contribution is -2.43. The Bertz CT molecular complexity index is 872. The first-order valence-electron chi connectivity index (χ1n) is 16.7. The van der Waals surface area contributed by atoms with Gasteiger partial charge in [-0.25, -0.2) is 0 Å². The fraction of sp³-hybridized carbons (Fsp3) is 0.667. The maximum Gasteiger partial charge on any atom is 0.0551 e. The highest BCUT2D eigenvalue weighted by atomic mass is 32.2. The molecule has 0 radical (unpaired) electrons. The molecule has 2 aliphatic rings. The standard InChI is InChI=1S/C36H56N2S/c1-2-3-4-5-6-7-8-9-10-11-12-13-14-15-16-21-28-37-29-26-33(27-30-37)38-34-23-18-17-22-32(34)31-39-36-25-20-19-24-35(36)38/h17-20,22-25,33H,2-16,21,26-31H2,1H3. The lowest BCUT2D eigenvalue weighted by atomic mass is 9.99. The summed E-state index contributed by atoms with van der Waals surface area (Å²) in [7, 11) is 0. The normalized spacial score (nSPS) is 16.2. The fourth-order valence-electron chi connectivity index (χ4n) is 6.61. The number of rotatable bonds is 18. The Kier molecular flexibility index (Phi) is 14.1. The zero-order valence-corrected chi connectivity index (χ0v) is 25.9. The highest BCUT2D eigenvalue weighted by Crippen LogP contribution is 2.44. The SMILES string of the molecule is CCCCCCCCCCCCCCCCCCN1CCC(N2c3ccccc3CSc3ccccc32)CC1. The van der Waals surface area contributed by atoms with E-state index in [-0.39, 0.29) is 0 Å². The molecule has 1 saturated heterocycles. The van der Waals surface area contributed by atoms with E-state index in [0.717, 1.165) is 5.75 Å². The van der Waals surface area contributed by atoms with E-state index in [1.807, 2.05) is 11.8 Å². The van der Waals surface area contributed by atoms with E-state index in [0.29, 0.717) is 6.04 Å². The van der Waals surface area contributed by atoms with E-state index < -0.39 is 0 Å². The van der Waals surface area contributed by atoms with Crippen molar-refractivity contribution in [3.05, 3.63) is 54.1 Å². The first kappa shape index (κ1) is 30.5. The summed E-state index contributed by atoms with van der Waals surface area (Å²) in [6, 6.07) is 18.8. The molecule has 3 heteroatoms. The third-order valence-corrected chi connectivity index (χ3v) is 10.1. The molecule has 0 bridgehead atoms. The zero-order valence-electron chi connectivity index (χ0n) is 25.1. The lowest BCUT2D eigenvalue weighted by Gasteiger charge is -2.40. The van der Waals surface area contributed by atoms with Crippen LogP contribution in [0.4, 0.5) is 11.4 Å². The number of likely N-dealkylation sites (tertiary alicyclic amines) is 1. The maximum absolute atomic E-state index is 2.74. The number of thioether (sulfide) groups is 1. The van der Waals surface area contributed by atoms with Crippen molar-refractivity contribution in [1.29, 1.82) is 0 Å². The summed E-state index contributed by atoms with van der Waals surface area (Å²) >= 11 is 2.00. The van der Waals surface area contributed by atoms with Crippen LogP contribution in [0.2, 0.25) is 0 Å². The molecule has 2 heterocycles. The summed E-state index contributed by atoms with van der Waals surface area (Å²) in [4.78, 5) is 6.87. The van der Waals surface area contributed by atoms with Crippen molar-refractivity contribution >= 4 is 23.1 Å². The molecule has 0 N–H and O–H groups in total. The fourth-order valence-corrected chi connectivity index (χ4v) is 7.65. The lowest BCUT2D eigenvalue weighted by molar-refractivity contribution is 0.208. The van der Waals surface area contributed by atoms with Crippen molar-refractivity contribution in [2.75, 3.05) is 24.5 Å². The second-order valence-electron chi connectivity index (χ2n) is 12.1. The molecular formula is C36H56N2S. The molecular weight excluding hydrogens is 492 g/mol. The number of unbranched alkanes of at least 4 members (excludes halogenated alkanes) is 15. The minimum Gasteiger partial charge on any atom is -0.337 e. The van der Waals surface area contributed by atoms with Crippen LogP contribution in [0.1, 0.15) is 128 Å². The van der Waals surface area contributed by atoms with Crippen LogP contribution in [0.15, 0.2) is 53.4 Å².